The van der Waals surface area contributed by atoms with Gasteiger partial charge in [-0.1, -0.05) is 24.3 Å². The molecular weight excluding hydrogens is 266 g/mol. The molecule has 0 aliphatic heterocycles. The molecule has 4 bridgehead atoms. The highest BCUT2D eigenvalue weighted by atomic mass is 35.5. The van der Waals surface area contributed by atoms with Gasteiger partial charge in [0.05, 0.1) is 0 Å². The van der Waals surface area contributed by atoms with Gasteiger partial charge in [0.1, 0.15) is 0 Å². The van der Waals surface area contributed by atoms with Crippen LogP contribution in [0.1, 0.15) is 62.6 Å². The van der Waals surface area contributed by atoms with Gasteiger partial charge in [-0.15, -0.1) is 12.4 Å². The molecule has 4 saturated carbocycles. The van der Waals surface area contributed by atoms with Gasteiger partial charge >= 0.3 is 0 Å². The fourth-order valence-corrected chi connectivity index (χ4v) is 5.60. The van der Waals surface area contributed by atoms with Crippen molar-refractivity contribution in [2.75, 3.05) is 0 Å². The van der Waals surface area contributed by atoms with Crippen molar-refractivity contribution in [3.05, 3.63) is 35.4 Å². The van der Waals surface area contributed by atoms with Crippen molar-refractivity contribution in [3.63, 3.8) is 0 Å². The van der Waals surface area contributed by atoms with Crippen LogP contribution in [0.2, 0.25) is 0 Å². The first kappa shape index (κ1) is 14.4. The van der Waals surface area contributed by atoms with Gasteiger partial charge in [0.15, 0.2) is 0 Å². The minimum Gasteiger partial charge on any atom is -0.324 e. The van der Waals surface area contributed by atoms with Crippen molar-refractivity contribution in [1.82, 2.24) is 0 Å². The van der Waals surface area contributed by atoms with E-state index in [2.05, 4.69) is 31.2 Å². The predicted molar refractivity (Wildman–Crippen MR) is 86.1 cm³/mol. The van der Waals surface area contributed by atoms with Crippen LogP contribution in [0.4, 0.5) is 0 Å². The predicted octanol–water partition coefficient (Wildman–Crippen LogP) is 4.60. The number of hydrogen-bond acceptors (Lipinski definition) is 1. The molecule has 110 valence electrons. The van der Waals surface area contributed by atoms with Crippen molar-refractivity contribution in [1.29, 1.82) is 0 Å². The second-order valence-electron chi connectivity index (χ2n) is 7.61. The molecule has 4 aliphatic carbocycles. The first-order valence-corrected chi connectivity index (χ1v) is 8.01. The van der Waals surface area contributed by atoms with Crippen LogP contribution >= 0.6 is 12.4 Å². The van der Waals surface area contributed by atoms with E-state index in [1.54, 1.807) is 5.56 Å². The van der Waals surface area contributed by atoms with Crippen LogP contribution in [0.15, 0.2) is 24.3 Å². The maximum Gasteiger partial charge on any atom is 0.0266 e. The Morgan fingerprint density at radius 1 is 0.950 bits per heavy atom. The third-order valence-corrected chi connectivity index (χ3v) is 6.09. The van der Waals surface area contributed by atoms with Crippen LogP contribution in [0.5, 0.6) is 0 Å². The fourth-order valence-electron chi connectivity index (χ4n) is 5.60. The van der Waals surface area contributed by atoms with Gasteiger partial charge in [0.25, 0.3) is 0 Å². The molecule has 1 atom stereocenters. The summed E-state index contributed by atoms with van der Waals surface area (Å²) >= 11 is 0. The molecule has 1 nitrogen and oxygen atoms in total. The van der Waals surface area contributed by atoms with E-state index < -0.39 is 0 Å². The monoisotopic (exact) mass is 291 g/mol. The Kier molecular flexibility index (Phi) is 3.63. The summed E-state index contributed by atoms with van der Waals surface area (Å²) < 4.78 is 0. The van der Waals surface area contributed by atoms with Crippen molar-refractivity contribution < 1.29 is 0 Å². The fraction of sp³-hybridized carbons (Fsp3) is 0.667. The second-order valence-corrected chi connectivity index (χ2v) is 7.61. The summed E-state index contributed by atoms with van der Waals surface area (Å²) in [5, 5.41) is 0. The number of rotatable bonds is 2. The Hall–Kier alpha value is -0.530. The lowest BCUT2D eigenvalue weighted by molar-refractivity contribution is -0.00519. The summed E-state index contributed by atoms with van der Waals surface area (Å²) in [6.45, 7) is 2.07. The zero-order chi connectivity index (χ0) is 13.0. The van der Waals surface area contributed by atoms with E-state index in [4.69, 9.17) is 5.73 Å². The van der Waals surface area contributed by atoms with E-state index in [0.29, 0.717) is 5.41 Å². The van der Waals surface area contributed by atoms with Gasteiger partial charge in [-0.05, 0) is 79.7 Å². The summed E-state index contributed by atoms with van der Waals surface area (Å²) in [4.78, 5) is 0. The minimum atomic E-state index is 0. The topological polar surface area (TPSA) is 26.0 Å². The summed E-state index contributed by atoms with van der Waals surface area (Å²) in [7, 11) is 0. The molecule has 0 aromatic heterocycles. The standard InChI is InChI=1S/C18H25N.ClH/c1-12(19)16-2-4-17(5-3-16)18-9-13-6-14(10-18)8-15(7-13)11-18;/h2-5,12-15H,6-11,19H2,1H3;1H. The molecule has 4 aliphatic rings. The summed E-state index contributed by atoms with van der Waals surface area (Å²) in [5.41, 5.74) is 9.38. The minimum absolute atomic E-state index is 0. The number of halogens is 1. The number of nitrogens with two attached hydrogens (primary N) is 1. The highest BCUT2D eigenvalue weighted by Crippen LogP contribution is 2.60. The number of benzene rings is 1. The largest absolute Gasteiger partial charge is 0.324 e. The third-order valence-electron chi connectivity index (χ3n) is 6.09. The molecule has 1 aromatic rings. The molecule has 2 heteroatoms. The average molecular weight is 292 g/mol. The van der Waals surface area contributed by atoms with Crippen LogP contribution in [0, 0.1) is 17.8 Å². The van der Waals surface area contributed by atoms with Gasteiger partial charge in [-0.2, -0.15) is 0 Å². The van der Waals surface area contributed by atoms with Gasteiger partial charge in [0, 0.05) is 6.04 Å². The normalized spacial score (nSPS) is 39.4. The van der Waals surface area contributed by atoms with Crippen molar-refractivity contribution in [2.24, 2.45) is 23.5 Å². The molecule has 0 amide bonds. The molecule has 5 rings (SSSR count). The Labute approximate surface area is 128 Å². The van der Waals surface area contributed by atoms with E-state index in [-0.39, 0.29) is 18.4 Å². The molecule has 0 spiro atoms. The maximum atomic E-state index is 5.97. The Bertz CT molecular complexity index is 441. The molecule has 0 heterocycles. The van der Waals surface area contributed by atoms with Crippen LogP contribution < -0.4 is 5.73 Å². The van der Waals surface area contributed by atoms with Crippen molar-refractivity contribution in [2.45, 2.75) is 56.9 Å². The molecular formula is C18H26ClN. The van der Waals surface area contributed by atoms with E-state index in [9.17, 15) is 0 Å². The van der Waals surface area contributed by atoms with Crippen LogP contribution in [-0.4, -0.2) is 0 Å². The lowest BCUT2D eigenvalue weighted by atomic mass is 9.48. The zero-order valence-electron chi connectivity index (χ0n) is 12.3. The Morgan fingerprint density at radius 3 is 1.80 bits per heavy atom. The highest BCUT2D eigenvalue weighted by Gasteiger charge is 2.51. The lowest BCUT2D eigenvalue weighted by Gasteiger charge is -2.57. The van der Waals surface area contributed by atoms with E-state index >= 15 is 0 Å². The Balaban J connectivity index is 0.00000121. The lowest BCUT2D eigenvalue weighted by Crippen LogP contribution is -2.48. The summed E-state index contributed by atoms with van der Waals surface area (Å²) in [5.74, 6) is 3.08. The molecule has 1 aromatic carbocycles. The molecule has 2 N–H and O–H groups in total. The van der Waals surface area contributed by atoms with Crippen molar-refractivity contribution >= 4 is 12.4 Å². The van der Waals surface area contributed by atoms with Crippen molar-refractivity contribution in [3.8, 4) is 0 Å². The maximum absolute atomic E-state index is 5.97. The quantitative estimate of drug-likeness (QED) is 0.847. The van der Waals surface area contributed by atoms with Crippen LogP contribution in [0.3, 0.4) is 0 Å². The second kappa shape index (κ2) is 5.03. The average Bonchev–Trinajstić information content (AvgIpc) is 2.37. The third kappa shape index (κ3) is 2.19. The highest BCUT2D eigenvalue weighted by molar-refractivity contribution is 5.85. The smallest absolute Gasteiger partial charge is 0.0266 e. The SMILES string of the molecule is CC(N)c1ccc(C23CC4CC(CC(C4)C2)C3)cc1.Cl. The zero-order valence-corrected chi connectivity index (χ0v) is 13.2. The van der Waals surface area contributed by atoms with Gasteiger partial charge in [0.2, 0.25) is 0 Å². The summed E-state index contributed by atoms with van der Waals surface area (Å²) in [6, 6.07) is 9.44. The molecule has 0 saturated heterocycles. The first-order valence-electron chi connectivity index (χ1n) is 8.01. The van der Waals surface area contributed by atoms with Crippen LogP contribution in [-0.2, 0) is 5.41 Å². The van der Waals surface area contributed by atoms with Gasteiger partial charge in [-0.25, -0.2) is 0 Å². The van der Waals surface area contributed by atoms with Crippen LogP contribution in [0.25, 0.3) is 0 Å². The molecule has 1 unspecified atom stereocenters. The first-order chi connectivity index (χ1) is 9.14. The Morgan fingerprint density at radius 2 is 1.40 bits per heavy atom. The van der Waals surface area contributed by atoms with Gasteiger partial charge < -0.3 is 5.73 Å². The summed E-state index contributed by atoms with van der Waals surface area (Å²) in [6.07, 6.45) is 8.94. The van der Waals surface area contributed by atoms with Gasteiger partial charge in [-0.3, -0.25) is 0 Å². The van der Waals surface area contributed by atoms with E-state index in [1.807, 2.05) is 0 Å². The molecule has 20 heavy (non-hydrogen) atoms. The molecule has 4 fully saturated rings. The number of hydrogen-bond donors (Lipinski definition) is 1. The van der Waals surface area contributed by atoms with E-state index in [0.717, 1.165) is 17.8 Å². The molecule has 0 radical (unpaired) electrons. The van der Waals surface area contributed by atoms with E-state index in [1.165, 1.54) is 44.1 Å².